The van der Waals surface area contributed by atoms with Gasteiger partial charge in [0.25, 0.3) is 0 Å². The molecule has 5 heteroatoms. The highest BCUT2D eigenvalue weighted by Gasteiger charge is 2.72. The number of Topliss-reactive ketones (excluding diaryl/α,β-unsaturated/α-hetero) is 1. The highest BCUT2D eigenvalue weighted by Crippen LogP contribution is 2.77. The van der Waals surface area contributed by atoms with Gasteiger partial charge in [0.05, 0.1) is 12.5 Å². The molecule has 5 saturated carbocycles. The first-order valence-electron chi connectivity index (χ1n) is 15.7. The molecule has 0 aromatic heterocycles. The Morgan fingerprint density at radius 3 is 2.26 bits per heavy atom. The topological polar surface area (TPSA) is 72.5 Å². The van der Waals surface area contributed by atoms with Gasteiger partial charge in [-0.3, -0.25) is 9.59 Å². The molecule has 0 bridgehead atoms. The lowest BCUT2D eigenvalue weighted by molar-refractivity contribution is -0.233. The van der Waals surface area contributed by atoms with Crippen LogP contribution in [0.1, 0.15) is 113 Å². The highest BCUT2D eigenvalue weighted by atomic mass is 16.5. The van der Waals surface area contributed by atoms with Crippen molar-refractivity contribution >= 4 is 17.7 Å². The summed E-state index contributed by atoms with van der Waals surface area (Å²) in [5.74, 6) is 2.21. The third-order valence-electron chi connectivity index (χ3n) is 14.2. The molecule has 0 aliphatic heterocycles. The van der Waals surface area contributed by atoms with Crippen molar-refractivity contribution in [2.75, 3.05) is 7.11 Å². The Kier molecular flexibility index (Phi) is 6.79. The maximum Gasteiger partial charge on any atom is 0.328 e. The van der Waals surface area contributed by atoms with E-state index < -0.39 is 17.4 Å². The van der Waals surface area contributed by atoms with E-state index in [0.717, 1.165) is 51.4 Å². The first-order valence-corrected chi connectivity index (χ1v) is 15.7. The van der Waals surface area contributed by atoms with Crippen molar-refractivity contribution in [1.82, 2.24) is 5.32 Å². The molecular formula is C34H53NO4. The maximum absolute atomic E-state index is 14.1. The largest absolute Gasteiger partial charge is 0.467 e. The number of allylic oxidation sites excluding steroid dienone is 1. The Balaban J connectivity index is 1.52. The van der Waals surface area contributed by atoms with Crippen LogP contribution < -0.4 is 5.32 Å². The third kappa shape index (κ3) is 3.72. The number of fused-ring (bicyclic) bond motifs is 7. The van der Waals surface area contributed by atoms with Gasteiger partial charge >= 0.3 is 5.97 Å². The summed E-state index contributed by atoms with van der Waals surface area (Å²) in [4.78, 5) is 39.3. The Morgan fingerprint density at radius 2 is 1.62 bits per heavy atom. The number of methoxy groups -OCH3 is 1. The predicted molar refractivity (Wildman–Crippen MR) is 154 cm³/mol. The average molecular weight is 540 g/mol. The van der Waals surface area contributed by atoms with E-state index in [1.165, 1.54) is 25.5 Å². The molecule has 5 aliphatic carbocycles. The number of esters is 1. The molecule has 10 atom stereocenters. The third-order valence-corrected chi connectivity index (χ3v) is 14.2. The van der Waals surface area contributed by atoms with Gasteiger partial charge in [-0.2, -0.15) is 0 Å². The van der Waals surface area contributed by atoms with Gasteiger partial charge in [0.1, 0.15) is 11.8 Å². The summed E-state index contributed by atoms with van der Waals surface area (Å²) >= 11 is 0. The molecule has 0 aromatic carbocycles. The lowest BCUT2D eigenvalue weighted by Gasteiger charge is -2.72. The number of carbonyl (C=O) groups excluding carboxylic acids is 3. The van der Waals surface area contributed by atoms with E-state index in [9.17, 15) is 14.4 Å². The van der Waals surface area contributed by atoms with Gasteiger partial charge in [-0.25, -0.2) is 4.79 Å². The Labute approximate surface area is 236 Å². The van der Waals surface area contributed by atoms with Crippen LogP contribution in [-0.4, -0.2) is 30.8 Å². The molecule has 218 valence electrons. The van der Waals surface area contributed by atoms with Gasteiger partial charge in [0.2, 0.25) is 5.91 Å². The Morgan fingerprint density at radius 1 is 0.923 bits per heavy atom. The Hall–Kier alpha value is -1.65. The Bertz CT molecular complexity index is 1080. The van der Waals surface area contributed by atoms with Gasteiger partial charge in [-0.1, -0.05) is 46.8 Å². The van der Waals surface area contributed by atoms with Crippen molar-refractivity contribution in [1.29, 1.82) is 0 Å². The minimum absolute atomic E-state index is 0.0479. The van der Waals surface area contributed by atoms with E-state index in [-0.39, 0.29) is 33.5 Å². The molecule has 0 spiro atoms. The molecule has 39 heavy (non-hydrogen) atoms. The fraction of sp³-hybridized carbons (Fsp3) is 0.853. The molecule has 1 N–H and O–H groups in total. The molecular weight excluding hydrogens is 486 g/mol. The van der Waals surface area contributed by atoms with Crippen LogP contribution in [-0.2, 0) is 19.1 Å². The van der Waals surface area contributed by atoms with Crippen LogP contribution in [0.2, 0.25) is 0 Å². The van der Waals surface area contributed by atoms with Crippen LogP contribution in [0.4, 0.5) is 0 Å². The van der Waals surface area contributed by atoms with Crippen LogP contribution in [0.3, 0.4) is 0 Å². The number of carbonyl (C=O) groups is 3. The highest BCUT2D eigenvalue weighted by molar-refractivity contribution is 5.88. The molecule has 5 unspecified atom stereocenters. The summed E-state index contributed by atoms with van der Waals surface area (Å²) in [5, 5.41) is 3.08. The number of hydrogen-bond acceptors (Lipinski definition) is 4. The zero-order valence-corrected chi connectivity index (χ0v) is 25.9. The second-order valence-electron chi connectivity index (χ2n) is 15.7. The minimum Gasteiger partial charge on any atom is -0.467 e. The minimum atomic E-state index is -0.643. The molecule has 5 nitrogen and oxygen atoms in total. The molecule has 0 radical (unpaired) electrons. The number of ether oxygens (including phenoxy) is 1. The standard InChI is InChI=1S/C34H53NO4/c1-20(2)22-12-17-34(29(38)35-21(3)28(37)39-9)19-18-32(7)23(27(22)34)10-11-25-31(6)15-14-26(36)30(4,5)24(31)13-16-33(25,32)8/h21-25,27H,1,10-19H2,2-9H3,(H,35,38)/t21-,22?,23?,24?,25?,27?,31-,32-,33+,34-/m0/s1. The number of ketones is 1. The lowest BCUT2D eigenvalue weighted by Crippen LogP contribution is -2.67. The van der Waals surface area contributed by atoms with Crippen molar-refractivity contribution in [3.63, 3.8) is 0 Å². The molecule has 0 heterocycles. The zero-order valence-electron chi connectivity index (χ0n) is 25.9. The van der Waals surface area contributed by atoms with E-state index in [2.05, 4.69) is 53.4 Å². The molecule has 0 aromatic rings. The van der Waals surface area contributed by atoms with E-state index in [1.54, 1.807) is 6.92 Å². The van der Waals surface area contributed by atoms with Crippen molar-refractivity contribution in [3.8, 4) is 0 Å². The molecule has 5 fully saturated rings. The number of nitrogens with one attached hydrogen (secondary N) is 1. The SMILES string of the molecule is C=C(C)C1CC[C@]2(C(=O)N[C@@H](C)C(=O)OC)CC[C@@]3(C)C(CCC4[C@@]5(C)CCC(=O)C(C)(C)C5CC[C@]43C)C12. The first kappa shape index (κ1) is 28.9. The summed E-state index contributed by atoms with van der Waals surface area (Å²) < 4.78 is 4.93. The van der Waals surface area contributed by atoms with Gasteiger partial charge in [0, 0.05) is 11.8 Å². The van der Waals surface area contributed by atoms with E-state index >= 15 is 0 Å². The average Bonchev–Trinajstić information content (AvgIpc) is 3.28. The fourth-order valence-corrected chi connectivity index (χ4v) is 11.9. The van der Waals surface area contributed by atoms with Crippen molar-refractivity contribution in [2.24, 2.45) is 56.7 Å². The van der Waals surface area contributed by atoms with Gasteiger partial charge in [0.15, 0.2) is 0 Å². The smallest absolute Gasteiger partial charge is 0.328 e. The number of hydrogen-bond donors (Lipinski definition) is 1. The summed E-state index contributed by atoms with van der Waals surface area (Å²) in [6.07, 6.45) is 10.2. The van der Waals surface area contributed by atoms with Crippen molar-refractivity contribution in [2.45, 2.75) is 119 Å². The fourth-order valence-electron chi connectivity index (χ4n) is 11.9. The van der Waals surface area contributed by atoms with Gasteiger partial charge in [-0.15, -0.1) is 0 Å². The molecule has 5 rings (SSSR count). The van der Waals surface area contributed by atoms with Crippen molar-refractivity contribution in [3.05, 3.63) is 12.2 Å². The van der Waals surface area contributed by atoms with Crippen LogP contribution in [0, 0.1) is 56.7 Å². The normalized spacial score (nSPS) is 47.1. The number of amides is 1. The monoisotopic (exact) mass is 539 g/mol. The van der Waals surface area contributed by atoms with E-state index in [4.69, 9.17) is 4.74 Å². The van der Waals surface area contributed by atoms with Crippen LogP contribution >= 0.6 is 0 Å². The predicted octanol–water partition coefficient (Wildman–Crippen LogP) is 6.89. The second kappa shape index (κ2) is 9.18. The first-order chi connectivity index (χ1) is 18.1. The molecule has 1 amide bonds. The molecule has 5 aliphatic rings. The summed E-state index contributed by atoms with van der Waals surface area (Å²) in [7, 11) is 1.38. The van der Waals surface area contributed by atoms with Gasteiger partial charge in [-0.05, 0) is 117 Å². The van der Waals surface area contributed by atoms with Crippen LogP contribution in [0.25, 0.3) is 0 Å². The van der Waals surface area contributed by atoms with Crippen LogP contribution in [0.5, 0.6) is 0 Å². The maximum atomic E-state index is 14.1. The summed E-state index contributed by atoms with van der Waals surface area (Å²) in [6.45, 7) is 20.4. The number of rotatable bonds is 4. The summed E-state index contributed by atoms with van der Waals surface area (Å²) in [5.41, 5.74) is 1.02. The van der Waals surface area contributed by atoms with E-state index in [1.807, 2.05) is 0 Å². The second-order valence-corrected chi connectivity index (χ2v) is 15.7. The lowest BCUT2D eigenvalue weighted by atomic mass is 9.32. The van der Waals surface area contributed by atoms with Crippen molar-refractivity contribution < 1.29 is 19.1 Å². The van der Waals surface area contributed by atoms with Gasteiger partial charge < -0.3 is 10.1 Å². The summed E-state index contributed by atoms with van der Waals surface area (Å²) in [6, 6.07) is -0.643. The van der Waals surface area contributed by atoms with Crippen LogP contribution in [0.15, 0.2) is 12.2 Å². The molecule has 0 saturated heterocycles. The zero-order chi connectivity index (χ0) is 28.8. The quantitative estimate of drug-likeness (QED) is 0.312. The van der Waals surface area contributed by atoms with E-state index in [0.29, 0.717) is 29.5 Å².